The van der Waals surface area contributed by atoms with Gasteiger partial charge in [-0.05, 0) is 61.6 Å². The molecule has 0 N–H and O–H groups in total. The first kappa shape index (κ1) is 27.5. The summed E-state index contributed by atoms with van der Waals surface area (Å²) >= 11 is 0. The molecule has 0 aliphatic rings. The Morgan fingerprint density at radius 1 is 0.327 bits per heavy atom. The third kappa shape index (κ3) is 4.57. The van der Waals surface area contributed by atoms with Crippen LogP contribution in [-0.2, 0) is 0 Å². The fraction of sp³-hybridized carbons (Fsp3) is 0. The van der Waals surface area contributed by atoms with Crippen molar-refractivity contribution in [2.75, 3.05) is 0 Å². The molecule has 0 fully saturated rings. The van der Waals surface area contributed by atoms with Crippen molar-refractivity contribution in [2.45, 2.75) is 0 Å². The Labute approximate surface area is 282 Å². The zero-order chi connectivity index (χ0) is 32.3. The first-order valence-corrected chi connectivity index (χ1v) is 16.4. The predicted molar refractivity (Wildman–Crippen MR) is 201 cm³/mol. The van der Waals surface area contributed by atoms with E-state index in [1.54, 1.807) is 0 Å². The SMILES string of the molecule is c1ccc(-c2nc(-c3ccc(-c4ccc5ccc6ccc7ccccc7c6c5c4)cc3)nc(-c3cccc4oc5ccccc5c34)n2)cc1. The van der Waals surface area contributed by atoms with Gasteiger partial charge in [-0.3, -0.25) is 0 Å². The van der Waals surface area contributed by atoms with Crippen molar-refractivity contribution in [3.05, 3.63) is 164 Å². The predicted octanol–water partition coefficient (Wildman–Crippen LogP) is 11.9. The molecule has 10 rings (SSSR count). The number of hydrogen-bond acceptors (Lipinski definition) is 4. The highest BCUT2D eigenvalue weighted by molar-refractivity contribution is 6.20. The maximum atomic E-state index is 6.20. The molecule has 2 aromatic heterocycles. The first-order chi connectivity index (χ1) is 24.3. The molecule has 0 radical (unpaired) electrons. The summed E-state index contributed by atoms with van der Waals surface area (Å²) in [7, 11) is 0. The van der Waals surface area contributed by atoms with E-state index in [9.17, 15) is 0 Å². The van der Waals surface area contributed by atoms with E-state index in [1.807, 2.05) is 60.7 Å². The van der Waals surface area contributed by atoms with E-state index in [0.29, 0.717) is 17.5 Å². The molecule has 8 aromatic carbocycles. The monoisotopic (exact) mass is 625 g/mol. The first-order valence-electron chi connectivity index (χ1n) is 16.4. The van der Waals surface area contributed by atoms with Gasteiger partial charge in [0.15, 0.2) is 17.5 Å². The van der Waals surface area contributed by atoms with Gasteiger partial charge in [0.05, 0.1) is 0 Å². The third-order valence-corrected chi connectivity index (χ3v) is 9.51. The van der Waals surface area contributed by atoms with Crippen LogP contribution in [0.4, 0.5) is 0 Å². The average Bonchev–Trinajstić information content (AvgIpc) is 3.57. The Balaban J connectivity index is 1.11. The zero-order valence-corrected chi connectivity index (χ0v) is 26.3. The highest BCUT2D eigenvalue weighted by Crippen LogP contribution is 2.38. The zero-order valence-electron chi connectivity index (χ0n) is 26.3. The molecule has 0 bridgehead atoms. The van der Waals surface area contributed by atoms with E-state index in [4.69, 9.17) is 19.4 Å². The molecule has 0 aliphatic carbocycles. The maximum Gasteiger partial charge on any atom is 0.164 e. The summed E-state index contributed by atoms with van der Waals surface area (Å²) in [6.07, 6.45) is 0. The number of fused-ring (bicyclic) bond motifs is 8. The molecule has 49 heavy (non-hydrogen) atoms. The van der Waals surface area contributed by atoms with Gasteiger partial charge >= 0.3 is 0 Å². The van der Waals surface area contributed by atoms with Crippen LogP contribution in [-0.4, -0.2) is 15.0 Å². The summed E-state index contributed by atoms with van der Waals surface area (Å²) in [6, 6.07) is 57.0. The minimum atomic E-state index is 0.610. The largest absolute Gasteiger partial charge is 0.456 e. The molecule has 0 amide bonds. The number of hydrogen-bond donors (Lipinski definition) is 0. The Morgan fingerprint density at radius 2 is 0.898 bits per heavy atom. The molecule has 4 nitrogen and oxygen atoms in total. The van der Waals surface area contributed by atoms with Crippen LogP contribution in [0.3, 0.4) is 0 Å². The van der Waals surface area contributed by atoms with Gasteiger partial charge in [-0.15, -0.1) is 0 Å². The molecule has 0 saturated carbocycles. The Hall–Kier alpha value is -6.65. The quantitative estimate of drug-likeness (QED) is 0.183. The summed E-state index contributed by atoms with van der Waals surface area (Å²) in [5.41, 5.74) is 6.72. The highest BCUT2D eigenvalue weighted by atomic mass is 16.3. The molecular formula is C45H27N3O. The number of nitrogens with zero attached hydrogens (tertiary/aromatic N) is 3. The molecule has 228 valence electrons. The summed E-state index contributed by atoms with van der Waals surface area (Å²) < 4.78 is 6.20. The van der Waals surface area contributed by atoms with Gasteiger partial charge in [-0.25, -0.2) is 15.0 Å². The molecule has 10 aromatic rings. The summed E-state index contributed by atoms with van der Waals surface area (Å²) in [4.78, 5) is 15.1. The number of benzene rings is 8. The van der Waals surface area contributed by atoms with Gasteiger partial charge in [0.25, 0.3) is 0 Å². The summed E-state index contributed by atoms with van der Waals surface area (Å²) in [5.74, 6) is 1.86. The third-order valence-electron chi connectivity index (χ3n) is 9.51. The lowest BCUT2D eigenvalue weighted by Gasteiger charge is -2.11. The Bertz CT molecular complexity index is 2870. The van der Waals surface area contributed by atoms with Crippen molar-refractivity contribution in [1.82, 2.24) is 15.0 Å². The van der Waals surface area contributed by atoms with E-state index in [-0.39, 0.29) is 0 Å². The lowest BCUT2D eigenvalue weighted by Crippen LogP contribution is -2.00. The minimum Gasteiger partial charge on any atom is -0.456 e. The van der Waals surface area contributed by atoms with Crippen molar-refractivity contribution in [3.8, 4) is 45.3 Å². The Morgan fingerprint density at radius 3 is 1.71 bits per heavy atom. The Kier molecular flexibility index (Phi) is 6.15. The molecule has 0 unspecified atom stereocenters. The van der Waals surface area contributed by atoms with Crippen LogP contribution in [0, 0.1) is 0 Å². The van der Waals surface area contributed by atoms with Crippen LogP contribution in [0.25, 0.3) is 99.5 Å². The van der Waals surface area contributed by atoms with Crippen molar-refractivity contribution in [3.63, 3.8) is 0 Å². The highest BCUT2D eigenvalue weighted by Gasteiger charge is 2.18. The summed E-state index contributed by atoms with van der Waals surface area (Å²) in [6.45, 7) is 0. The molecule has 0 aliphatic heterocycles. The number of furan rings is 1. The van der Waals surface area contributed by atoms with E-state index in [2.05, 4.69) is 103 Å². The fourth-order valence-corrected chi connectivity index (χ4v) is 7.12. The molecular weight excluding hydrogens is 599 g/mol. The van der Waals surface area contributed by atoms with Crippen LogP contribution in [0.1, 0.15) is 0 Å². The lowest BCUT2D eigenvalue weighted by atomic mass is 9.94. The van der Waals surface area contributed by atoms with Crippen molar-refractivity contribution in [1.29, 1.82) is 0 Å². The molecule has 0 spiro atoms. The van der Waals surface area contributed by atoms with E-state index < -0.39 is 0 Å². The summed E-state index contributed by atoms with van der Waals surface area (Å²) in [5, 5.41) is 9.59. The average molecular weight is 626 g/mol. The standard InChI is InChI=1S/C45H27N3O/c1-2-10-32(11-3-1)43-46-44(48-45(47-43)37-14-8-16-40-42(37)36-13-6-7-15-39(36)49-40)33-24-17-28(18-25-33)34-26-21-30-20-23-31-22-19-29-9-4-5-12-35(29)41(31)38(30)27-34/h1-27H. The van der Waals surface area contributed by atoms with Crippen molar-refractivity contribution < 1.29 is 4.42 Å². The van der Waals surface area contributed by atoms with Crippen LogP contribution in [0.15, 0.2) is 168 Å². The van der Waals surface area contributed by atoms with Crippen LogP contribution < -0.4 is 0 Å². The van der Waals surface area contributed by atoms with Crippen LogP contribution in [0.2, 0.25) is 0 Å². The van der Waals surface area contributed by atoms with Crippen LogP contribution in [0.5, 0.6) is 0 Å². The second kappa shape index (κ2) is 11.0. The van der Waals surface area contributed by atoms with Gasteiger partial charge in [0.1, 0.15) is 11.2 Å². The normalized spacial score (nSPS) is 11.7. The second-order valence-corrected chi connectivity index (χ2v) is 12.4. The molecule has 0 saturated heterocycles. The lowest BCUT2D eigenvalue weighted by molar-refractivity contribution is 0.669. The molecule has 4 heteroatoms. The van der Waals surface area contributed by atoms with Crippen molar-refractivity contribution in [2.24, 2.45) is 0 Å². The number of rotatable bonds is 4. The smallest absolute Gasteiger partial charge is 0.164 e. The van der Waals surface area contributed by atoms with E-state index in [1.165, 1.54) is 37.9 Å². The number of para-hydroxylation sites is 1. The van der Waals surface area contributed by atoms with Gasteiger partial charge < -0.3 is 4.42 Å². The van der Waals surface area contributed by atoms with Gasteiger partial charge in [-0.2, -0.15) is 0 Å². The topological polar surface area (TPSA) is 51.8 Å². The maximum absolute atomic E-state index is 6.20. The van der Waals surface area contributed by atoms with Gasteiger partial charge in [0, 0.05) is 27.5 Å². The minimum absolute atomic E-state index is 0.610. The van der Waals surface area contributed by atoms with Crippen molar-refractivity contribution >= 4 is 54.3 Å². The second-order valence-electron chi connectivity index (χ2n) is 12.4. The molecule has 2 heterocycles. The van der Waals surface area contributed by atoms with E-state index >= 15 is 0 Å². The van der Waals surface area contributed by atoms with Crippen LogP contribution >= 0.6 is 0 Å². The van der Waals surface area contributed by atoms with Gasteiger partial charge in [0.2, 0.25) is 0 Å². The van der Waals surface area contributed by atoms with E-state index in [0.717, 1.165) is 44.2 Å². The molecule has 0 atom stereocenters. The van der Waals surface area contributed by atoms with Gasteiger partial charge in [-0.1, -0.05) is 146 Å². The fourth-order valence-electron chi connectivity index (χ4n) is 7.12. The number of aromatic nitrogens is 3.